The van der Waals surface area contributed by atoms with Gasteiger partial charge in [0.1, 0.15) is 5.82 Å². The van der Waals surface area contributed by atoms with Crippen molar-refractivity contribution < 1.29 is 22.8 Å². The van der Waals surface area contributed by atoms with Gasteiger partial charge in [-0.05, 0) is 43.2 Å². The van der Waals surface area contributed by atoms with Crippen molar-refractivity contribution >= 4 is 21.5 Å². The van der Waals surface area contributed by atoms with Gasteiger partial charge in [-0.25, -0.2) is 17.8 Å². The Labute approximate surface area is 163 Å². The second kappa shape index (κ2) is 8.78. The summed E-state index contributed by atoms with van der Waals surface area (Å²) < 4.78 is 46.9. The largest absolute Gasteiger partial charge is 0.381 e. The third-order valence-corrected chi connectivity index (χ3v) is 6.56. The molecule has 0 spiro atoms. The number of aliphatic imine (C=N–C) groups is 1. The van der Waals surface area contributed by atoms with Gasteiger partial charge in [0.2, 0.25) is 10.0 Å². The van der Waals surface area contributed by atoms with Crippen LogP contribution in [0.5, 0.6) is 0 Å². The lowest BCUT2D eigenvalue weighted by Crippen LogP contribution is -2.40. The van der Waals surface area contributed by atoms with Crippen molar-refractivity contribution in [1.82, 2.24) is 9.79 Å². The van der Waals surface area contributed by atoms with E-state index in [4.69, 9.17) is 4.74 Å². The van der Waals surface area contributed by atoms with E-state index in [0.717, 1.165) is 6.07 Å². The van der Waals surface area contributed by atoms with Gasteiger partial charge in [-0.1, -0.05) is 18.2 Å². The number of nitrogens with zero attached hydrogens (tertiary/aromatic N) is 2. The van der Waals surface area contributed by atoms with E-state index in [-0.39, 0.29) is 22.4 Å². The van der Waals surface area contributed by atoms with Crippen LogP contribution in [0.3, 0.4) is 0 Å². The summed E-state index contributed by atoms with van der Waals surface area (Å²) in [5.41, 5.74) is 2.20. The van der Waals surface area contributed by atoms with E-state index in [2.05, 4.69) is 4.99 Å². The quantitative estimate of drug-likeness (QED) is 0.452. The molecule has 9 heteroatoms. The Hall–Kier alpha value is -2.33. The molecule has 0 amide bonds. The van der Waals surface area contributed by atoms with Gasteiger partial charge in [0.15, 0.2) is 5.84 Å². The molecule has 3 rings (SSSR count). The Kier molecular flexibility index (Phi) is 6.40. The van der Waals surface area contributed by atoms with Crippen LogP contribution < -0.4 is 5.48 Å². The molecule has 2 N–H and O–H groups in total. The molecule has 0 aliphatic carbocycles. The monoisotopic (exact) mass is 407 g/mol. The molecule has 1 aliphatic rings. The highest BCUT2D eigenvalue weighted by Gasteiger charge is 2.30. The molecule has 1 fully saturated rings. The molecule has 7 nitrogen and oxygen atoms in total. The molecule has 1 aliphatic heterocycles. The summed E-state index contributed by atoms with van der Waals surface area (Å²) in [6.07, 6.45) is 1.24. The number of hydrogen-bond donors (Lipinski definition) is 2. The number of halogens is 1. The van der Waals surface area contributed by atoms with Crippen LogP contribution in [0.1, 0.15) is 18.4 Å². The first-order valence-electron chi connectivity index (χ1n) is 8.82. The number of hydroxylamine groups is 1. The van der Waals surface area contributed by atoms with Gasteiger partial charge in [0.25, 0.3) is 0 Å². The van der Waals surface area contributed by atoms with Crippen molar-refractivity contribution in [2.45, 2.75) is 23.8 Å². The van der Waals surface area contributed by atoms with Crippen molar-refractivity contribution in [3.63, 3.8) is 0 Å². The SMILES string of the molecule is COC1CCN(S(=O)(=O)c2ccc(F)c(/C(=N/c3ccccc3)NO)c2)CC1. The zero-order valence-electron chi connectivity index (χ0n) is 15.4. The summed E-state index contributed by atoms with van der Waals surface area (Å²) in [6, 6.07) is 12.1. The van der Waals surface area contributed by atoms with Crippen molar-refractivity contribution in [2.24, 2.45) is 4.99 Å². The minimum atomic E-state index is -3.80. The van der Waals surface area contributed by atoms with E-state index < -0.39 is 15.8 Å². The summed E-state index contributed by atoms with van der Waals surface area (Å²) in [5.74, 6) is -0.882. The molecule has 0 radical (unpaired) electrons. The lowest BCUT2D eigenvalue weighted by molar-refractivity contribution is 0.0604. The molecule has 0 atom stereocenters. The van der Waals surface area contributed by atoms with E-state index in [1.165, 1.54) is 16.4 Å². The van der Waals surface area contributed by atoms with Crippen LogP contribution in [0, 0.1) is 5.82 Å². The Bertz CT molecular complexity index is 943. The van der Waals surface area contributed by atoms with Gasteiger partial charge in [-0.2, -0.15) is 4.31 Å². The minimum Gasteiger partial charge on any atom is -0.381 e. The predicted octanol–water partition coefficient (Wildman–Crippen LogP) is 2.68. The molecular weight excluding hydrogens is 385 g/mol. The first-order valence-corrected chi connectivity index (χ1v) is 10.3. The molecule has 2 aromatic rings. The summed E-state index contributed by atoms with van der Waals surface area (Å²) in [7, 11) is -2.19. The summed E-state index contributed by atoms with van der Waals surface area (Å²) >= 11 is 0. The number of amidine groups is 1. The number of methoxy groups -OCH3 is 1. The van der Waals surface area contributed by atoms with E-state index in [0.29, 0.717) is 31.6 Å². The van der Waals surface area contributed by atoms with Crippen molar-refractivity contribution in [3.8, 4) is 0 Å². The van der Waals surface area contributed by atoms with Crippen LogP contribution >= 0.6 is 0 Å². The zero-order valence-corrected chi connectivity index (χ0v) is 16.2. The van der Waals surface area contributed by atoms with Gasteiger partial charge in [0.05, 0.1) is 22.3 Å². The normalized spacial score (nSPS) is 16.9. The van der Waals surface area contributed by atoms with E-state index in [9.17, 15) is 18.0 Å². The van der Waals surface area contributed by atoms with Gasteiger partial charge < -0.3 is 4.74 Å². The topological polar surface area (TPSA) is 91.2 Å². The fraction of sp³-hybridized carbons (Fsp3) is 0.316. The molecule has 28 heavy (non-hydrogen) atoms. The molecule has 1 heterocycles. The second-order valence-electron chi connectivity index (χ2n) is 6.39. The van der Waals surface area contributed by atoms with Crippen LogP contribution in [0.2, 0.25) is 0 Å². The zero-order chi connectivity index (χ0) is 20.1. The molecular formula is C19H22FN3O4S. The maximum Gasteiger partial charge on any atom is 0.243 e. The molecule has 0 saturated carbocycles. The van der Waals surface area contributed by atoms with Crippen LogP contribution in [0.15, 0.2) is 58.4 Å². The van der Waals surface area contributed by atoms with E-state index in [1.807, 2.05) is 5.48 Å². The molecule has 0 aromatic heterocycles. The van der Waals surface area contributed by atoms with Crippen molar-refractivity contribution in [2.75, 3.05) is 20.2 Å². The summed E-state index contributed by atoms with van der Waals surface area (Å²) in [6.45, 7) is 0.660. The third kappa shape index (κ3) is 4.39. The highest BCUT2D eigenvalue weighted by atomic mass is 32.2. The third-order valence-electron chi connectivity index (χ3n) is 4.67. The summed E-state index contributed by atoms with van der Waals surface area (Å²) in [5, 5.41) is 9.44. The highest BCUT2D eigenvalue weighted by Crippen LogP contribution is 2.24. The number of benzene rings is 2. The minimum absolute atomic E-state index is 0.0402. The predicted molar refractivity (Wildman–Crippen MR) is 103 cm³/mol. The standard InChI is InChI=1S/C19H22FN3O4S/c1-27-15-9-11-23(12-10-15)28(25,26)16-7-8-18(20)17(13-16)19(22-24)21-14-5-3-2-4-6-14/h2-8,13,15,24H,9-12H2,1H3,(H,21,22). The highest BCUT2D eigenvalue weighted by molar-refractivity contribution is 7.89. The Morgan fingerprint density at radius 3 is 2.50 bits per heavy atom. The Morgan fingerprint density at radius 1 is 1.21 bits per heavy atom. The van der Waals surface area contributed by atoms with Crippen molar-refractivity contribution in [1.29, 1.82) is 0 Å². The molecule has 1 saturated heterocycles. The fourth-order valence-corrected chi connectivity index (χ4v) is 4.58. The van der Waals surface area contributed by atoms with Crippen LogP contribution in [-0.2, 0) is 14.8 Å². The number of hydrogen-bond acceptors (Lipinski definition) is 5. The second-order valence-corrected chi connectivity index (χ2v) is 8.33. The Balaban J connectivity index is 1.93. The number of rotatable bonds is 5. The lowest BCUT2D eigenvalue weighted by Gasteiger charge is -2.30. The number of sulfonamides is 1. The lowest BCUT2D eigenvalue weighted by atomic mass is 10.1. The maximum atomic E-state index is 14.4. The van der Waals surface area contributed by atoms with Crippen LogP contribution in [-0.4, -0.2) is 50.1 Å². The number of ether oxygens (including phenoxy) is 1. The summed E-state index contributed by atoms with van der Waals surface area (Å²) in [4.78, 5) is 4.10. The van der Waals surface area contributed by atoms with E-state index in [1.54, 1.807) is 37.4 Å². The Morgan fingerprint density at radius 2 is 1.89 bits per heavy atom. The maximum absolute atomic E-state index is 14.4. The first kappa shape index (κ1) is 20.4. The van der Waals surface area contributed by atoms with Crippen LogP contribution in [0.4, 0.5) is 10.1 Å². The number of piperidine rings is 1. The van der Waals surface area contributed by atoms with Gasteiger partial charge >= 0.3 is 0 Å². The van der Waals surface area contributed by atoms with Crippen LogP contribution in [0.25, 0.3) is 0 Å². The molecule has 0 unspecified atom stereocenters. The average molecular weight is 407 g/mol. The van der Waals surface area contributed by atoms with Crippen molar-refractivity contribution in [3.05, 3.63) is 59.9 Å². The fourth-order valence-electron chi connectivity index (χ4n) is 3.08. The number of para-hydroxylation sites is 1. The van der Waals surface area contributed by atoms with Gasteiger partial charge in [-0.3, -0.25) is 10.7 Å². The smallest absolute Gasteiger partial charge is 0.243 e. The van der Waals surface area contributed by atoms with Gasteiger partial charge in [-0.15, -0.1) is 0 Å². The first-order chi connectivity index (χ1) is 13.5. The molecule has 0 bridgehead atoms. The molecule has 2 aromatic carbocycles. The average Bonchev–Trinajstić information content (AvgIpc) is 2.73. The molecule has 150 valence electrons. The van der Waals surface area contributed by atoms with E-state index >= 15 is 0 Å². The van der Waals surface area contributed by atoms with Gasteiger partial charge in [0, 0.05) is 20.2 Å². The number of nitrogens with one attached hydrogen (secondary N) is 1.